The Morgan fingerprint density at radius 1 is 1.50 bits per heavy atom. The van der Waals surface area contributed by atoms with Crippen LogP contribution in [0.25, 0.3) is 0 Å². The fourth-order valence-corrected chi connectivity index (χ4v) is 0.199. The monoisotopic (exact) mass is 121 g/mol. The number of hydrogen-bond acceptors (Lipinski definition) is 4. The normalized spacial score (nSPS) is 17.4. The van der Waals surface area contributed by atoms with Crippen LogP contribution in [-0.4, -0.2) is 40.4 Å². The summed E-state index contributed by atoms with van der Waals surface area (Å²) in [5.74, 6) is 0. The Balaban J connectivity index is 3.44. The fraction of sp³-hybridized carbons (Fsp3) is 0.750. The van der Waals surface area contributed by atoms with Gasteiger partial charge in [-0.1, -0.05) is 0 Å². The first-order valence-corrected chi connectivity index (χ1v) is 2.14. The fourth-order valence-electron chi connectivity index (χ4n) is 0.199. The Morgan fingerprint density at radius 2 is 2.00 bits per heavy atom. The molecule has 8 heavy (non-hydrogen) atoms. The van der Waals surface area contributed by atoms with Crippen molar-refractivity contribution < 1.29 is 20.1 Å². The van der Waals surface area contributed by atoms with Crippen LogP contribution in [0.3, 0.4) is 0 Å². The summed E-state index contributed by atoms with van der Waals surface area (Å²) < 4.78 is 0. The van der Waals surface area contributed by atoms with Crippen molar-refractivity contribution in [2.75, 3.05) is 6.61 Å². The molecular formula is C4H8O4. The molecule has 3 N–H and O–H groups in total. The van der Waals surface area contributed by atoms with Gasteiger partial charge in [0.15, 0.2) is 6.29 Å². The lowest BCUT2D eigenvalue weighted by atomic mass is 10.3. The zero-order chi connectivity index (χ0) is 6.57. The van der Waals surface area contributed by atoms with E-state index in [1.165, 1.54) is 0 Å². The minimum absolute atomic E-state index is 0.168. The van der Waals surface area contributed by atoms with Crippen molar-refractivity contribution in [3.05, 3.63) is 0 Å². The number of carbonyl (C=O) groups excluding carboxylic acids is 1. The van der Waals surface area contributed by atoms with Crippen LogP contribution in [0.5, 0.6) is 0 Å². The van der Waals surface area contributed by atoms with E-state index >= 15 is 0 Å². The van der Waals surface area contributed by atoms with E-state index in [1.807, 2.05) is 0 Å². The van der Waals surface area contributed by atoms with Gasteiger partial charge in [-0.05, 0) is 0 Å². The van der Waals surface area contributed by atoms with Crippen molar-refractivity contribution in [1.82, 2.24) is 0 Å². The molecule has 0 spiro atoms. The SMILES string of the molecule is O=C[C@@H](O)[C@H](O)[13CH2]O. The maximum absolute atomic E-state index is 9.58. The summed E-state index contributed by atoms with van der Waals surface area (Å²) in [5.41, 5.74) is 0. The molecule has 0 saturated carbocycles. The maximum atomic E-state index is 9.58. The first kappa shape index (κ1) is 7.55. The maximum Gasteiger partial charge on any atom is 0.151 e. The van der Waals surface area contributed by atoms with Crippen LogP contribution in [0.15, 0.2) is 0 Å². The van der Waals surface area contributed by atoms with E-state index < -0.39 is 18.8 Å². The van der Waals surface area contributed by atoms with Gasteiger partial charge in [0.2, 0.25) is 0 Å². The van der Waals surface area contributed by atoms with Gasteiger partial charge in [0.25, 0.3) is 0 Å². The second kappa shape index (κ2) is 3.54. The topological polar surface area (TPSA) is 77.8 Å². The third-order valence-corrected chi connectivity index (χ3v) is 0.721. The lowest BCUT2D eigenvalue weighted by Gasteiger charge is -2.06. The van der Waals surface area contributed by atoms with Crippen LogP contribution >= 0.6 is 0 Å². The first-order valence-electron chi connectivity index (χ1n) is 2.14. The van der Waals surface area contributed by atoms with Crippen molar-refractivity contribution in [2.24, 2.45) is 0 Å². The van der Waals surface area contributed by atoms with Crippen molar-refractivity contribution in [3.63, 3.8) is 0 Å². The predicted molar refractivity (Wildman–Crippen MR) is 25.2 cm³/mol. The number of aliphatic hydroxyl groups excluding tert-OH is 3. The van der Waals surface area contributed by atoms with E-state index in [1.54, 1.807) is 0 Å². The molecule has 0 bridgehead atoms. The molecule has 4 nitrogen and oxygen atoms in total. The van der Waals surface area contributed by atoms with Crippen LogP contribution in [0.1, 0.15) is 0 Å². The Kier molecular flexibility index (Phi) is 3.34. The molecule has 0 heterocycles. The summed E-state index contributed by atoms with van der Waals surface area (Å²) >= 11 is 0. The van der Waals surface area contributed by atoms with E-state index in [4.69, 9.17) is 15.3 Å². The second-order valence-electron chi connectivity index (χ2n) is 1.38. The molecule has 0 aromatic rings. The number of hydrogen-bond donors (Lipinski definition) is 3. The smallest absolute Gasteiger partial charge is 0.151 e. The molecule has 0 aliphatic rings. The van der Waals surface area contributed by atoms with Gasteiger partial charge in [-0.3, -0.25) is 0 Å². The van der Waals surface area contributed by atoms with Crippen molar-refractivity contribution in [2.45, 2.75) is 12.2 Å². The standard InChI is InChI=1S/C4H8O4/c5-1-3(7)4(8)2-6/h1,3-4,6-8H,2H2/t3-,4-/m1/s1/i2+1. The lowest BCUT2D eigenvalue weighted by molar-refractivity contribution is -0.121. The molecule has 0 aliphatic carbocycles. The molecule has 2 atom stereocenters. The Hall–Kier alpha value is -0.450. The molecule has 0 aromatic carbocycles. The second-order valence-corrected chi connectivity index (χ2v) is 1.38. The molecule has 0 aliphatic heterocycles. The highest BCUT2D eigenvalue weighted by molar-refractivity contribution is 5.56. The summed E-state index contributed by atoms with van der Waals surface area (Å²) in [6.07, 6.45) is -2.63. The molecule has 0 rings (SSSR count). The van der Waals surface area contributed by atoms with E-state index in [2.05, 4.69) is 0 Å². The molecule has 0 aromatic heterocycles. The predicted octanol–water partition coefficient (Wildman–Crippen LogP) is -2.10. The van der Waals surface area contributed by atoms with Gasteiger partial charge in [0, 0.05) is 0 Å². The minimum atomic E-state index is -1.46. The number of aldehydes is 1. The number of rotatable bonds is 3. The van der Waals surface area contributed by atoms with E-state index in [9.17, 15) is 4.79 Å². The number of aliphatic hydroxyl groups is 3. The molecule has 48 valence electrons. The zero-order valence-corrected chi connectivity index (χ0v) is 4.19. The van der Waals surface area contributed by atoms with Gasteiger partial charge < -0.3 is 20.1 Å². The van der Waals surface area contributed by atoms with Crippen LogP contribution in [-0.2, 0) is 4.79 Å². The summed E-state index contributed by atoms with van der Waals surface area (Å²) in [7, 11) is 0. The van der Waals surface area contributed by atoms with Gasteiger partial charge in [0.05, 0.1) is 6.61 Å². The summed E-state index contributed by atoms with van der Waals surface area (Å²) in [4.78, 5) is 9.58. The minimum Gasteiger partial charge on any atom is -0.394 e. The molecule has 0 fully saturated rings. The summed E-state index contributed by atoms with van der Waals surface area (Å²) in [5, 5.41) is 24.8. The average Bonchev–Trinajstić information content (AvgIpc) is 1.84. The highest BCUT2D eigenvalue weighted by Crippen LogP contribution is 1.85. The average molecular weight is 121 g/mol. The van der Waals surface area contributed by atoms with Gasteiger partial charge >= 0.3 is 0 Å². The van der Waals surface area contributed by atoms with Crippen LogP contribution in [0, 0.1) is 0 Å². The molecule has 0 radical (unpaired) electrons. The van der Waals surface area contributed by atoms with E-state index in [0.29, 0.717) is 0 Å². The third kappa shape index (κ3) is 2.02. The number of carbonyl (C=O) groups is 1. The van der Waals surface area contributed by atoms with Gasteiger partial charge in [-0.25, -0.2) is 0 Å². The van der Waals surface area contributed by atoms with Gasteiger partial charge in [0.1, 0.15) is 12.2 Å². The van der Waals surface area contributed by atoms with Crippen molar-refractivity contribution in [1.29, 1.82) is 0 Å². The van der Waals surface area contributed by atoms with Crippen LogP contribution < -0.4 is 0 Å². The molecular weight excluding hydrogens is 113 g/mol. The van der Waals surface area contributed by atoms with Gasteiger partial charge in [-0.2, -0.15) is 0 Å². The van der Waals surface area contributed by atoms with E-state index in [-0.39, 0.29) is 6.29 Å². The largest absolute Gasteiger partial charge is 0.394 e. The Bertz CT molecular complexity index is 72.4. The van der Waals surface area contributed by atoms with Crippen LogP contribution in [0.2, 0.25) is 0 Å². The van der Waals surface area contributed by atoms with Crippen molar-refractivity contribution in [3.8, 4) is 0 Å². The first-order chi connectivity index (χ1) is 3.72. The molecule has 4 heteroatoms. The quantitative estimate of drug-likeness (QED) is 0.295. The molecule has 0 amide bonds. The Morgan fingerprint density at radius 3 is 2.12 bits per heavy atom. The van der Waals surface area contributed by atoms with E-state index in [0.717, 1.165) is 0 Å². The van der Waals surface area contributed by atoms with Crippen molar-refractivity contribution >= 4 is 6.29 Å². The summed E-state index contributed by atoms with van der Waals surface area (Å²) in [6, 6.07) is 0. The highest BCUT2D eigenvalue weighted by atomic mass is 16.4. The zero-order valence-electron chi connectivity index (χ0n) is 4.19. The van der Waals surface area contributed by atoms with Crippen LogP contribution in [0.4, 0.5) is 0 Å². The summed E-state index contributed by atoms with van der Waals surface area (Å²) in [6.45, 7) is -0.597. The molecule has 0 saturated heterocycles. The van der Waals surface area contributed by atoms with Gasteiger partial charge in [-0.15, -0.1) is 0 Å². The highest BCUT2D eigenvalue weighted by Gasteiger charge is 2.12. The third-order valence-electron chi connectivity index (χ3n) is 0.721. The molecule has 0 unspecified atom stereocenters. The Labute approximate surface area is 46.4 Å². The lowest BCUT2D eigenvalue weighted by Crippen LogP contribution is -2.30.